The number of anilines is 1. The lowest BCUT2D eigenvalue weighted by atomic mass is 10.1. The van der Waals surface area contributed by atoms with Crippen LogP contribution in [0.3, 0.4) is 0 Å². The fraction of sp³-hybridized carbons (Fsp3) is 0.429. The molecule has 1 heterocycles. The first-order valence-corrected chi connectivity index (χ1v) is 10.2. The van der Waals surface area contributed by atoms with Crippen LogP contribution in [0.25, 0.3) is 0 Å². The maximum Gasteiger partial charge on any atom is 0.0378 e. The molecule has 0 spiro atoms. The number of piperazine rings is 1. The number of thioether (sulfide) groups is 1. The van der Waals surface area contributed by atoms with Crippen molar-refractivity contribution in [1.29, 1.82) is 0 Å². The summed E-state index contributed by atoms with van der Waals surface area (Å²) < 4.78 is 0. The molecule has 2 nitrogen and oxygen atoms in total. The van der Waals surface area contributed by atoms with Gasteiger partial charge in [-0.05, 0) is 55.8 Å². The zero-order chi connectivity index (χ0) is 16.6. The van der Waals surface area contributed by atoms with Crippen molar-refractivity contribution < 1.29 is 0 Å². The Hall–Kier alpha value is -1.45. The molecule has 1 aliphatic heterocycles. The highest BCUT2D eigenvalue weighted by molar-refractivity contribution is 7.98. The summed E-state index contributed by atoms with van der Waals surface area (Å²) in [4.78, 5) is 6.51. The van der Waals surface area contributed by atoms with Crippen molar-refractivity contribution in [3.05, 3.63) is 60.2 Å². The molecule has 1 fully saturated rings. The monoisotopic (exact) mass is 340 g/mol. The molecule has 0 bridgehead atoms. The van der Waals surface area contributed by atoms with Crippen molar-refractivity contribution in [2.75, 3.05) is 43.9 Å². The van der Waals surface area contributed by atoms with Crippen molar-refractivity contribution in [3.63, 3.8) is 0 Å². The van der Waals surface area contributed by atoms with Crippen LogP contribution in [-0.4, -0.2) is 43.9 Å². The molecule has 1 saturated heterocycles. The Bertz CT molecular complexity index is 606. The van der Waals surface area contributed by atoms with Crippen LogP contribution in [-0.2, 0) is 6.42 Å². The minimum absolute atomic E-state index is 1.15. The molecule has 0 N–H and O–H groups in total. The lowest BCUT2D eigenvalue weighted by Gasteiger charge is -2.36. The molecule has 0 aliphatic carbocycles. The predicted octanol–water partition coefficient (Wildman–Crippen LogP) is 4.55. The molecule has 128 valence electrons. The second-order valence-electron chi connectivity index (χ2n) is 6.47. The number of aryl methyl sites for hydroxylation is 1. The van der Waals surface area contributed by atoms with E-state index < -0.39 is 0 Å². The molecule has 3 heteroatoms. The van der Waals surface area contributed by atoms with Crippen LogP contribution in [0.4, 0.5) is 5.69 Å². The van der Waals surface area contributed by atoms with Crippen LogP contribution in [0.2, 0.25) is 0 Å². The predicted molar refractivity (Wildman–Crippen MR) is 106 cm³/mol. The maximum atomic E-state index is 2.62. The van der Waals surface area contributed by atoms with E-state index in [-0.39, 0.29) is 0 Å². The normalized spacial score (nSPS) is 15.6. The molecule has 0 aromatic heterocycles. The van der Waals surface area contributed by atoms with Crippen LogP contribution in [0, 0.1) is 0 Å². The van der Waals surface area contributed by atoms with Gasteiger partial charge in [0.05, 0.1) is 0 Å². The summed E-state index contributed by atoms with van der Waals surface area (Å²) in [6.07, 6.45) is 5.95. The van der Waals surface area contributed by atoms with E-state index in [1.165, 1.54) is 55.0 Å². The Morgan fingerprint density at radius 3 is 2.42 bits per heavy atom. The number of hydrogen-bond donors (Lipinski definition) is 0. The Morgan fingerprint density at radius 2 is 1.67 bits per heavy atom. The van der Waals surface area contributed by atoms with Gasteiger partial charge in [-0.25, -0.2) is 0 Å². The van der Waals surface area contributed by atoms with Crippen molar-refractivity contribution in [2.24, 2.45) is 0 Å². The Balaban J connectivity index is 1.37. The third kappa shape index (κ3) is 5.02. The Kier molecular flexibility index (Phi) is 6.62. The molecule has 0 atom stereocenters. The molecule has 3 rings (SSSR count). The molecule has 24 heavy (non-hydrogen) atoms. The standard InChI is InChI=1S/C21H28N2S/c1-24-21-12-7-11-20(18-21)23-16-14-22(15-17-23)13-6-5-10-19-8-3-2-4-9-19/h2-4,7-9,11-12,18H,5-6,10,13-17H2,1H3. The largest absolute Gasteiger partial charge is 0.369 e. The highest BCUT2D eigenvalue weighted by Gasteiger charge is 2.16. The van der Waals surface area contributed by atoms with Crippen molar-refractivity contribution in [1.82, 2.24) is 4.90 Å². The maximum absolute atomic E-state index is 2.62. The number of nitrogens with zero attached hydrogens (tertiary/aromatic N) is 2. The fourth-order valence-corrected chi connectivity index (χ4v) is 3.80. The van der Waals surface area contributed by atoms with Gasteiger partial charge >= 0.3 is 0 Å². The summed E-state index contributed by atoms with van der Waals surface area (Å²) in [7, 11) is 0. The van der Waals surface area contributed by atoms with E-state index in [2.05, 4.69) is 70.7 Å². The summed E-state index contributed by atoms with van der Waals surface area (Å²) in [5, 5.41) is 0. The van der Waals surface area contributed by atoms with E-state index in [9.17, 15) is 0 Å². The molecule has 0 saturated carbocycles. The van der Waals surface area contributed by atoms with Crippen molar-refractivity contribution >= 4 is 17.4 Å². The fourth-order valence-electron chi connectivity index (χ4n) is 3.35. The van der Waals surface area contributed by atoms with Gasteiger partial charge in [0.2, 0.25) is 0 Å². The minimum Gasteiger partial charge on any atom is -0.369 e. The summed E-state index contributed by atoms with van der Waals surface area (Å²) in [6, 6.07) is 19.8. The highest BCUT2D eigenvalue weighted by Crippen LogP contribution is 2.23. The second-order valence-corrected chi connectivity index (χ2v) is 7.35. The summed E-state index contributed by atoms with van der Waals surface area (Å²) in [5.74, 6) is 0. The molecule has 0 amide bonds. The van der Waals surface area contributed by atoms with Gasteiger partial charge in [-0.2, -0.15) is 0 Å². The first-order valence-electron chi connectivity index (χ1n) is 9.00. The van der Waals surface area contributed by atoms with Crippen LogP contribution >= 0.6 is 11.8 Å². The van der Waals surface area contributed by atoms with E-state index >= 15 is 0 Å². The molecule has 1 aliphatic rings. The Labute approximate surface area is 150 Å². The quantitative estimate of drug-likeness (QED) is 0.539. The molecular weight excluding hydrogens is 312 g/mol. The average molecular weight is 341 g/mol. The van der Waals surface area contributed by atoms with E-state index in [1.54, 1.807) is 0 Å². The molecule has 2 aromatic carbocycles. The molecular formula is C21H28N2S. The summed E-state index contributed by atoms with van der Waals surface area (Å²) in [6.45, 7) is 5.92. The molecule has 2 aromatic rings. The smallest absolute Gasteiger partial charge is 0.0378 e. The van der Waals surface area contributed by atoms with Crippen molar-refractivity contribution in [3.8, 4) is 0 Å². The van der Waals surface area contributed by atoms with Gasteiger partial charge in [-0.15, -0.1) is 11.8 Å². The van der Waals surface area contributed by atoms with E-state index in [1.807, 2.05) is 11.8 Å². The zero-order valence-corrected chi connectivity index (χ0v) is 15.5. The minimum atomic E-state index is 1.15. The van der Waals surface area contributed by atoms with E-state index in [0.29, 0.717) is 0 Å². The van der Waals surface area contributed by atoms with E-state index in [0.717, 1.165) is 13.1 Å². The first-order chi connectivity index (χ1) is 11.8. The first kappa shape index (κ1) is 17.4. The van der Waals surface area contributed by atoms with Gasteiger partial charge in [-0.1, -0.05) is 36.4 Å². The SMILES string of the molecule is CSc1cccc(N2CCN(CCCCc3ccccc3)CC2)c1. The van der Waals surface area contributed by atoms with Crippen molar-refractivity contribution in [2.45, 2.75) is 24.2 Å². The van der Waals surface area contributed by atoms with Gasteiger partial charge in [0.1, 0.15) is 0 Å². The van der Waals surface area contributed by atoms with Gasteiger partial charge < -0.3 is 4.90 Å². The van der Waals surface area contributed by atoms with Gasteiger partial charge in [0.25, 0.3) is 0 Å². The van der Waals surface area contributed by atoms with Crippen LogP contribution in [0.1, 0.15) is 18.4 Å². The van der Waals surface area contributed by atoms with Crippen LogP contribution in [0.5, 0.6) is 0 Å². The topological polar surface area (TPSA) is 6.48 Å². The number of hydrogen-bond acceptors (Lipinski definition) is 3. The number of rotatable bonds is 7. The van der Waals surface area contributed by atoms with Gasteiger partial charge in [0, 0.05) is 36.8 Å². The van der Waals surface area contributed by atoms with Crippen LogP contribution in [0.15, 0.2) is 59.5 Å². The average Bonchev–Trinajstić information content (AvgIpc) is 2.66. The van der Waals surface area contributed by atoms with Gasteiger partial charge in [0.15, 0.2) is 0 Å². The lowest BCUT2D eigenvalue weighted by Crippen LogP contribution is -2.46. The van der Waals surface area contributed by atoms with E-state index in [4.69, 9.17) is 0 Å². The second kappa shape index (κ2) is 9.14. The zero-order valence-electron chi connectivity index (χ0n) is 14.7. The molecule has 0 unspecified atom stereocenters. The number of unbranched alkanes of at least 4 members (excludes halogenated alkanes) is 1. The lowest BCUT2D eigenvalue weighted by molar-refractivity contribution is 0.253. The van der Waals surface area contributed by atoms with Crippen LogP contribution < -0.4 is 4.90 Å². The van der Waals surface area contributed by atoms with Gasteiger partial charge in [-0.3, -0.25) is 4.90 Å². The molecule has 0 radical (unpaired) electrons. The third-order valence-corrected chi connectivity index (χ3v) is 5.55. The summed E-state index contributed by atoms with van der Waals surface area (Å²) >= 11 is 1.82. The number of benzene rings is 2. The summed E-state index contributed by atoms with van der Waals surface area (Å²) in [5.41, 5.74) is 2.85. The third-order valence-electron chi connectivity index (χ3n) is 4.82. The Morgan fingerprint density at radius 1 is 0.875 bits per heavy atom. The highest BCUT2D eigenvalue weighted by atomic mass is 32.2.